The Labute approximate surface area is 199 Å². The van der Waals surface area contributed by atoms with Crippen LogP contribution in [-0.4, -0.2) is 38.0 Å². The maximum Gasteiger partial charge on any atom is 0.255 e. The van der Waals surface area contributed by atoms with Gasteiger partial charge in [0.15, 0.2) is 11.5 Å². The molecule has 0 aliphatic carbocycles. The molecule has 0 saturated heterocycles. The maximum absolute atomic E-state index is 13.2. The monoisotopic (exact) mass is 460 g/mol. The fourth-order valence-electron chi connectivity index (χ4n) is 4.27. The molecule has 1 N–H and O–H groups in total. The fraction of sp³-hybridized carbons (Fsp3) is 0.259. The molecule has 0 spiro atoms. The number of fused-ring (bicyclic) bond motifs is 1. The molecule has 0 saturated carbocycles. The van der Waals surface area contributed by atoms with Crippen molar-refractivity contribution in [3.63, 3.8) is 0 Å². The van der Waals surface area contributed by atoms with Crippen LogP contribution in [-0.2, 0) is 11.3 Å². The predicted molar refractivity (Wildman–Crippen MR) is 130 cm³/mol. The third-order valence-electron chi connectivity index (χ3n) is 6.01. The quantitative estimate of drug-likeness (QED) is 0.525. The van der Waals surface area contributed by atoms with E-state index in [0.717, 1.165) is 16.7 Å². The number of benzene rings is 3. The van der Waals surface area contributed by atoms with Gasteiger partial charge in [0.1, 0.15) is 0 Å². The Morgan fingerprint density at radius 1 is 0.971 bits per heavy atom. The maximum atomic E-state index is 13.2. The number of methoxy groups -OCH3 is 3. The van der Waals surface area contributed by atoms with E-state index in [2.05, 4.69) is 5.32 Å². The molecular formula is C27H28N2O5. The SMILES string of the molecule is COc1cc(NC(=O)C[C@@H](c2ccc(C)cc2)N2Cc3ccccc3C2=O)cc(OC)c1OC. The first kappa shape index (κ1) is 23.2. The van der Waals surface area contributed by atoms with Crippen molar-refractivity contribution in [3.8, 4) is 17.2 Å². The lowest BCUT2D eigenvalue weighted by Crippen LogP contribution is -2.32. The van der Waals surface area contributed by atoms with Crippen LogP contribution in [0.15, 0.2) is 60.7 Å². The van der Waals surface area contributed by atoms with Gasteiger partial charge in [-0.05, 0) is 24.1 Å². The highest BCUT2D eigenvalue weighted by molar-refractivity contribution is 5.99. The van der Waals surface area contributed by atoms with Crippen LogP contribution >= 0.6 is 0 Å². The van der Waals surface area contributed by atoms with Gasteiger partial charge in [-0.15, -0.1) is 0 Å². The summed E-state index contributed by atoms with van der Waals surface area (Å²) in [5.41, 5.74) is 4.18. The molecular weight excluding hydrogens is 432 g/mol. The standard InChI is InChI=1S/C27H28N2O5/c1-17-9-11-18(12-10-17)22(29-16-19-7-5-6-8-21(19)27(29)31)15-25(30)28-20-13-23(32-2)26(34-4)24(14-20)33-3/h5-14,22H,15-16H2,1-4H3,(H,28,30)/t22-/m0/s1. The van der Waals surface area contributed by atoms with Gasteiger partial charge in [-0.3, -0.25) is 9.59 Å². The number of nitrogens with one attached hydrogen (secondary N) is 1. The third kappa shape index (κ3) is 4.55. The molecule has 0 radical (unpaired) electrons. The zero-order valence-corrected chi connectivity index (χ0v) is 19.8. The van der Waals surface area contributed by atoms with Crippen LogP contribution in [0.1, 0.15) is 39.5 Å². The van der Waals surface area contributed by atoms with Gasteiger partial charge in [-0.2, -0.15) is 0 Å². The van der Waals surface area contributed by atoms with E-state index < -0.39 is 6.04 Å². The van der Waals surface area contributed by atoms with Gasteiger partial charge in [0, 0.05) is 29.9 Å². The highest BCUT2D eigenvalue weighted by Crippen LogP contribution is 2.40. The molecule has 0 fully saturated rings. The summed E-state index contributed by atoms with van der Waals surface area (Å²) in [6.45, 7) is 2.47. The molecule has 3 aromatic carbocycles. The summed E-state index contributed by atoms with van der Waals surface area (Å²) in [4.78, 5) is 28.2. The number of carbonyl (C=O) groups excluding carboxylic acids is 2. The third-order valence-corrected chi connectivity index (χ3v) is 6.01. The molecule has 7 heteroatoms. The zero-order chi connectivity index (χ0) is 24.2. The van der Waals surface area contributed by atoms with Crippen LogP contribution in [0.4, 0.5) is 5.69 Å². The molecule has 0 aromatic heterocycles. The van der Waals surface area contributed by atoms with Gasteiger partial charge in [0.25, 0.3) is 5.91 Å². The van der Waals surface area contributed by atoms with E-state index in [4.69, 9.17) is 14.2 Å². The van der Waals surface area contributed by atoms with Crippen LogP contribution in [0.5, 0.6) is 17.2 Å². The van der Waals surface area contributed by atoms with Gasteiger partial charge in [-0.25, -0.2) is 0 Å². The number of amides is 2. The number of rotatable bonds is 8. The van der Waals surface area contributed by atoms with Crippen molar-refractivity contribution in [3.05, 3.63) is 82.9 Å². The largest absolute Gasteiger partial charge is 0.493 e. The van der Waals surface area contributed by atoms with Gasteiger partial charge in [0.05, 0.1) is 33.8 Å². The molecule has 1 aliphatic heterocycles. The van der Waals surface area contributed by atoms with Crippen LogP contribution in [0.2, 0.25) is 0 Å². The number of hydrogen-bond acceptors (Lipinski definition) is 5. The summed E-state index contributed by atoms with van der Waals surface area (Å²) in [5, 5.41) is 2.92. The first-order valence-electron chi connectivity index (χ1n) is 11.0. The Bertz CT molecular complexity index is 1180. The van der Waals surface area contributed by atoms with Crippen molar-refractivity contribution in [2.24, 2.45) is 0 Å². The molecule has 4 rings (SSSR count). The summed E-state index contributed by atoms with van der Waals surface area (Å²) in [6, 6.07) is 18.4. The number of aryl methyl sites for hydroxylation is 1. The smallest absolute Gasteiger partial charge is 0.255 e. The van der Waals surface area contributed by atoms with Crippen molar-refractivity contribution < 1.29 is 23.8 Å². The first-order chi connectivity index (χ1) is 16.4. The zero-order valence-electron chi connectivity index (χ0n) is 19.8. The van der Waals surface area contributed by atoms with E-state index in [1.54, 1.807) is 17.0 Å². The Hall–Kier alpha value is -4.00. The van der Waals surface area contributed by atoms with Crippen LogP contribution in [0, 0.1) is 6.92 Å². The fourth-order valence-corrected chi connectivity index (χ4v) is 4.27. The van der Waals surface area contributed by atoms with E-state index in [9.17, 15) is 9.59 Å². The van der Waals surface area contributed by atoms with Crippen molar-refractivity contribution in [1.82, 2.24) is 4.90 Å². The molecule has 3 aromatic rings. The van der Waals surface area contributed by atoms with Crippen LogP contribution < -0.4 is 19.5 Å². The number of carbonyl (C=O) groups is 2. The Balaban J connectivity index is 1.61. The average Bonchev–Trinajstić information content (AvgIpc) is 3.18. The van der Waals surface area contributed by atoms with Gasteiger partial charge >= 0.3 is 0 Å². The van der Waals surface area contributed by atoms with E-state index in [0.29, 0.717) is 35.0 Å². The van der Waals surface area contributed by atoms with Crippen molar-refractivity contribution in [2.45, 2.75) is 25.9 Å². The van der Waals surface area contributed by atoms with Crippen LogP contribution in [0.3, 0.4) is 0 Å². The molecule has 7 nitrogen and oxygen atoms in total. The van der Waals surface area contributed by atoms with Crippen molar-refractivity contribution >= 4 is 17.5 Å². The molecule has 1 heterocycles. The second-order valence-corrected chi connectivity index (χ2v) is 8.18. The Kier molecular flexibility index (Phi) is 6.72. The molecule has 1 aliphatic rings. The molecule has 176 valence electrons. The first-order valence-corrected chi connectivity index (χ1v) is 11.0. The van der Waals surface area contributed by atoms with E-state index >= 15 is 0 Å². The number of anilines is 1. The second-order valence-electron chi connectivity index (χ2n) is 8.18. The van der Waals surface area contributed by atoms with Crippen molar-refractivity contribution in [2.75, 3.05) is 26.6 Å². The normalized spacial score (nSPS) is 13.3. The molecule has 1 atom stereocenters. The van der Waals surface area contributed by atoms with E-state index in [-0.39, 0.29) is 18.2 Å². The summed E-state index contributed by atoms with van der Waals surface area (Å²) < 4.78 is 16.1. The lowest BCUT2D eigenvalue weighted by atomic mass is 10.00. The van der Waals surface area contributed by atoms with E-state index in [1.165, 1.54) is 21.3 Å². The van der Waals surface area contributed by atoms with Crippen molar-refractivity contribution in [1.29, 1.82) is 0 Å². The summed E-state index contributed by atoms with van der Waals surface area (Å²) >= 11 is 0. The van der Waals surface area contributed by atoms with Crippen LogP contribution in [0.25, 0.3) is 0 Å². The highest BCUT2D eigenvalue weighted by Gasteiger charge is 2.34. The van der Waals surface area contributed by atoms with Gasteiger partial charge in [-0.1, -0.05) is 48.0 Å². The Morgan fingerprint density at radius 2 is 1.62 bits per heavy atom. The molecule has 0 unspecified atom stereocenters. The molecule has 34 heavy (non-hydrogen) atoms. The van der Waals surface area contributed by atoms with E-state index in [1.807, 2.05) is 55.5 Å². The lowest BCUT2D eigenvalue weighted by Gasteiger charge is -2.28. The summed E-state index contributed by atoms with van der Waals surface area (Å²) in [6.07, 6.45) is 0.0967. The molecule has 2 amide bonds. The Morgan fingerprint density at radius 3 is 2.21 bits per heavy atom. The minimum absolute atomic E-state index is 0.0678. The predicted octanol–water partition coefficient (Wildman–Crippen LogP) is 4.75. The molecule has 0 bridgehead atoms. The second kappa shape index (κ2) is 9.87. The van der Waals surface area contributed by atoms with Gasteiger partial charge < -0.3 is 24.4 Å². The lowest BCUT2D eigenvalue weighted by molar-refractivity contribution is -0.117. The number of nitrogens with zero attached hydrogens (tertiary/aromatic N) is 1. The average molecular weight is 461 g/mol. The summed E-state index contributed by atoms with van der Waals surface area (Å²) in [7, 11) is 4.57. The minimum atomic E-state index is -0.414. The topological polar surface area (TPSA) is 77.1 Å². The van der Waals surface area contributed by atoms with Gasteiger partial charge in [0.2, 0.25) is 11.7 Å². The minimum Gasteiger partial charge on any atom is -0.493 e. The summed E-state index contributed by atoms with van der Waals surface area (Å²) in [5.74, 6) is 1.03. The number of hydrogen-bond donors (Lipinski definition) is 1. The number of ether oxygens (including phenoxy) is 3. The highest BCUT2D eigenvalue weighted by atomic mass is 16.5.